The fraction of sp³-hybridized carbons (Fsp3) is 0.312. The van der Waals surface area contributed by atoms with Crippen LogP contribution in [-0.2, 0) is 11.3 Å². The van der Waals surface area contributed by atoms with Gasteiger partial charge in [0.15, 0.2) is 17.7 Å². The number of para-hydroxylation sites is 1. The summed E-state index contributed by atoms with van der Waals surface area (Å²) in [6, 6.07) is 8.91. The second kappa shape index (κ2) is 8.07. The third-order valence-electron chi connectivity index (χ3n) is 3.14. The van der Waals surface area contributed by atoms with Gasteiger partial charge in [0.05, 0.1) is 0 Å². The molecular formula is C16H18FN3O3. The van der Waals surface area contributed by atoms with Crippen LogP contribution in [0.1, 0.15) is 13.3 Å². The summed E-state index contributed by atoms with van der Waals surface area (Å²) in [6.07, 6.45) is 1.27. The fourth-order valence-corrected chi connectivity index (χ4v) is 1.92. The largest absolute Gasteiger partial charge is 0.478 e. The Labute approximate surface area is 132 Å². The molecule has 2 rings (SSSR count). The molecule has 0 spiro atoms. The van der Waals surface area contributed by atoms with Gasteiger partial charge >= 0.3 is 0 Å². The molecule has 0 fully saturated rings. The van der Waals surface area contributed by atoms with Crippen molar-refractivity contribution in [1.82, 2.24) is 15.1 Å². The number of benzene rings is 1. The minimum Gasteiger partial charge on any atom is -0.478 e. The molecule has 0 saturated carbocycles. The molecule has 0 radical (unpaired) electrons. The van der Waals surface area contributed by atoms with Gasteiger partial charge in [-0.1, -0.05) is 12.1 Å². The van der Waals surface area contributed by atoms with Gasteiger partial charge in [0.25, 0.3) is 11.5 Å². The summed E-state index contributed by atoms with van der Waals surface area (Å²) in [4.78, 5) is 23.3. The first-order valence-corrected chi connectivity index (χ1v) is 7.29. The molecule has 6 nitrogen and oxygen atoms in total. The van der Waals surface area contributed by atoms with Crippen LogP contribution in [0.5, 0.6) is 5.75 Å². The van der Waals surface area contributed by atoms with Gasteiger partial charge in [0.2, 0.25) is 0 Å². The molecule has 1 heterocycles. The summed E-state index contributed by atoms with van der Waals surface area (Å²) in [5.41, 5.74) is -0.185. The molecule has 0 aliphatic rings. The van der Waals surface area contributed by atoms with Gasteiger partial charge < -0.3 is 10.1 Å². The van der Waals surface area contributed by atoms with Crippen LogP contribution in [0.3, 0.4) is 0 Å². The van der Waals surface area contributed by atoms with Gasteiger partial charge in [-0.3, -0.25) is 9.59 Å². The standard InChI is InChI=1S/C16H18FN3O3/c1-12(23-14-7-3-2-6-13(14)17)16(22)18-9-5-11-20-15(21)8-4-10-19-20/h2-4,6-8,10,12H,5,9,11H2,1H3,(H,18,22)/t12-/m1/s1. The van der Waals surface area contributed by atoms with Crippen molar-refractivity contribution in [2.45, 2.75) is 26.0 Å². The number of ether oxygens (including phenoxy) is 1. The SMILES string of the molecule is C[C@@H](Oc1ccccc1F)C(=O)NCCCn1ncccc1=O. The van der Waals surface area contributed by atoms with Crippen molar-refractivity contribution in [3.05, 3.63) is 58.8 Å². The Balaban J connectivity index is 1.75. The topological polar surface area (TPSA) is 73.2 Å². The van der Waals surface area contributed by atoms with Crippen molar-refractivity contribution in [1.29, 1.82) is 0 Å². The van der Waals surface area contributed by atoms with Crippen LogP contribution in [0.2, 0.25) is 0 Å². The lowest BCUT2D eigenvalue weighted by atomic mass is 10.3. The van der Waals surface area contributed by atoms with E-state index >= 15 is 0 Å². The number of amides is 1. The van der Waals surface area contributed by atoms with Gasteiger partial charge in [-0.15, -0.1) is 0 Å². The first-order chi connectivity index (χ1) is 11.1. The summed E-state index contributed by atoms with van der Waals surface area (Å²) in [6.45, 7) is 2.32. The molecule has 0 aliphatic carbocycles. The van der Waals surface area contributed by atoms with Crippen molar-refractivity contribution in [2.75, 3.05) is 6.54 Å². The van der Waals surface area contributed by atoms with E-state index in [1.807, 2.05) is 0 Å². The Morgan fingerprint density at radius 2 is 2.13 bits per heavy atom. The van der Waals surface area contributed by atoms with Gasteiger partial charge in [0.1, 0.15) is 0 Å². The molecule has 1 amide bonds. The number of nitrogens with one attached hydrogen (secondary N) is 1. The third-order valence-corrected chi connectivity index (χ3v) is 3.14. The third kappa shape index (κ3) is 4.91. The molecule has 0 aliphatic heterocycles. The maximum atomic E-state index is 13.4. The van der Waals surface area contributed by atoms with Crippen molar-refractivity contribution in [3.63, 3.8) is 0 Å². The second-order valence-corrected chi connectivity index (χ2v) is 4.92. The summed E-state index contributed by atoms with van der Waals surface area (Å²) in [5, 5.41) is 6.60. The van der Waals surface area contributed by atoms with Crippen LogP contribution in [0.4, 0.5) is 4.39 Å². The number of nitrogens with zero attached hydrogens (tertiary/aromatic N) is 2. The molecule has 1 aromatic carbocycles. The molecule has 1 N–H and O–H groups in total. The Morgan fingerprint density at radius 3 is 2.87 bits per heavy atom. The zero-order valence-electron chi connectivity index (χ0n) is 12.7. The minimum absolute atomic E-state index is 0.0372. The highest BCUT2D eigenvalue weighted by Crippen LogP contribution is 2.16. The monoisotopic (exact) mass is 319 g/mol. The lowest BCUT2D eigenvalue weighted by Gasteiger charge is -2.15. The molecule has 23 heavy (non-hydrogen) atoms. The number of carbonyl (C=O) groups is 1. The van der Waals surface area contributed by atoms with Crippen LogP contribution in [0, 0.1) is 5.82 Å². The number of rotatable bonds is 7. The van der Waals surface area contributed by atoms with E-state index < -0.39 is 11.9 Å². The van der Waals surface area contributed by atoms with Crippen molar-refractivity contribution < 1.29 is 13.9 Å². The van der Waals surface area contributed by atoms with Crippen LogP contribution < -0.4 is 15.6 Å². The molecule has 122 valence electrons. The van der Waals surface area contributed by atoms with E-state index in [1.165, 1.54) is 29.1 Å². The summed E-state index contributed by atoms with van der Waals surface area (Å²) in [5.74, 6) is -0.821. The van der Waals surface area contributed by atoms with Crippen LogP contribution >= 0.6 is 0 Å². The van der Waals surface area contributed by atoms with Crippen molar-refractivity contribution in [2.24, 2.45) is 0 Å². The Kier molecular flexibility index (Phi) is 5.85. The number of hydrogen-bond acceptors (Lipinski definition) is 4. The number of aromatic nitrogens is 2. The number of carbonyl (C=O) groups excluding carboxylic acids is 1. The second-order valence-electron chi connectivity index (χ2n) is 4.92. The summed E-state index contributed by atoms with van der Waals surface area (Å²) in [7, 11) is 0. The normalized spacial score (nSPS) is 11.7. The number of hydrogen-bond donors (Lipinski definition) is 1. The minimum atomic E-state index is -0.815. The van der Waals surface area contributed by atoms with Crippen molar-refractivity contribution >= 4 is 5.91 Å². The van der Waals surface area contributed by atoms with Gasteiger partial charge in [0, 0.05) is 25.4 Å². The maximum Gasteiger partial charge on any atom is 0.266 e. The Bertz CT molecular complexity index is 717. The molecule has 1 atom stereocenters. The zero-order valence-corrected chi connectivity index (χ0v) is 12.7. The van der Waals surface area contributed by atoms with E-state index in [9.17, 15) is 14.0 Å². The average Bonchev–Trinajstić information content (AvgIpc) is 2.55. The lowest BCUT2D eigenvalue weighted by Crippen LogP contribution is -2.37. The highest BCUT2D eigenvalue weighted by atomic mass is 19.1. The smallest absolute Gasteiger partial charge is 0.266 e. The average molecular weight is 319 g/mol. The molecule has 2 aromatic rings. The van der Waals surface area contributed by atoms with E-state index in [-0.39, 0.29) is 17.2 Å². The molecule has 0 bridgehead atoms. The van der Waals surface area contributed by atoms with E-state index in [2.05, 4.69) is 10.4 Å². The maximum absolute atomic E-state index is 13.4. The lowest BCUT2D eigenvalue weighted by molar-refractivity contribution is -0.127. The van der Waals surface area contributed by atoms with E-state index in [4.69, 9.17) is 4.74 Å². The van der Waals surface area contributed by atoms with Crippen LogP contribution in [0.25, 0.3) is 0 Å². The highest BCUT2D eigenvalue weighted by molar-refractivity contribution is 5.80. The molecule has 7 heteroatoms. The van der Waals surface area contributed by atoms with Gasteiger partial charge in [-0.2, -0.15) is 5.10 Å². The predicted octanol–water partition coefficient (Wildman–Crippen LogP) is 1.36. The number of halogens is 1. The molecule has 0 saturated heterocycles. The van der Waals surface area contributed by atoms with Crippen LogP contribution in [0.15, 0.2) is 47.4 Å². The molecule has 1 aromatic heterocycles. The zero-order chi connectivity index (χ0) is 16.7. The molecule has 0 unspecified atom stereocenters. The summed E-state index contributed by atoms with van der Waals surface area (Å²) >= 11 is 0. The van der Waals surface area contributed by atoms with Crippen LogP contribution in [-0.4, -0.2) is 28.3 Å². The van der Waals surface area contributed by atoms with E-state index in [0.29, 0.717) is 19.5 Å². The first-order valence-electron chi connectivity index (χ1n) is 7.29. The first kappa shape index (κ1) is 16.7. The predicted molar refractivity (Wildman–Crippen MR) is 82.6 cm³/mol. The fourth-order valence-electron chi connectivity index (χ4n) is 1.92. The van der Waals surface area contributed by atoms with E-state index in [0.717, 1.165) is 0 Å². The van der Waals surface area contributed by atoms with E-state index in [1.54, 1.807) is 25.1 Å². The number of aryl methyl sites for hydroxylation is 1. The Morgan fingerprint density at radius 1 is 1.35 bits per heavy atom. The van der Waals surface area contributed by atoms with Gasteiger partial charge in [-0.05, 0) is 31.5 Å². The van der Waals surface area contributed by atoms with Gasteiger partial charge in [-0.25, -0.2) is 9.07 Å². The molecular weight excluding hydrogens is 301 g/mol. The summed E-state index contributed by atoms with van der Waals surface area (Å²) < 4.78 is 20.1. The van der Waals surface area contributed by atoms with Crippen molar-refractivity contribution in [3.8, 4) is 5.75 Å². The Hall–Kier alpha value is -2.70. The highest BCUT2D eigenvalue weighted by Gasteiger charge is 2.15. The quantitative estimate of drug-likeness (QED) is 0.782.